The van der Waals surface area contributed by atoms with Crippen molar-refractivity contribution in [3.05, 3.63) is 108 Å². The molecule has 1 saturated heterocycles. The summed E-state index contributed by atoms with van der Waals surface area (Å²) in [5, 5.41) is 2.88. The lowest BCUT2D eigenvalue weighted by atomic mass is 9.98. The lowest BCUT2D eigenvalue weighted by Crippen LogP contribution is -2.48. The largest absolute Gasteiger partial charge is 0.340 e. The molecule has 1 aliphatic heterocycles. The van der Waals surface area contributed by atoms with Crippen LogP contribution in [0.2, 0.25) is 0 Å². The Morgan fingerprint density at radius 1 is 0.973 bits per heavy atom. The second-order valence-corrected chi connectivity index (χ2v) is 9.42. The molecule has 1 aromatic heterocycles. The van der Waals surface area contributed by atoms with Crippen LogP contribution in [0.3, 0.4) is 0 Å². The van der Waals surface area contributed by atoms with Crippen molar-refractivity contribution in [3.8, 4) is 11.3 Å². The fourth-order valence-corrected chi connectivity index (χ4v) is 4.82. The minimum Gasteiger partial charge on any atom is -0.340 e. The summed E-state index contributed by atoms with van der Waals surface area (Å²) < 4.78 is 0. The summed E-state index contributed by atoms with van der Waals surface area (Å²) in [5.41, 5.74) is 10.6. The van der Waals surface area contributed by atoms with Crippen molar-refractivity contribution in [3.63, 3.8) is 0 Å². The lowest BCUT2D eigenvalue weighted by Gasteiger charge is -2.36. The number of carbonyl (C=O) groups is 2. The molecular formula is C30H31N5O2. The van der Waals surface area contributed by atoms with E-state index in [9.17, 15) is 9.59 Å². The molecule has 0 aliphatic carbocycles. The molecule has 7 nitrogen and oxygen atoms in total. The second kappa shape index (κ2) is 11.2. The van der Waals surface area contributed by atoms with Crippen molar-refractivity contribution in [2.45, 2.75) is 37.8 Å². The van der Waals surface area contributed by atoms with Crippen LogP contribution in [0.25, 0.3) is 11.3 Å². The number of piperidine rings is 1. The first-order valence-electron chi connectivity index (χ1n) is 12.7. The third-order valence-electron chi connectivity index (χ3n) is 6.80. The number of para-hydroxylation sites is 1. The van der Waals surface area contributed by atoms with Gasteiger partial charge in [0.25, 0.3) is 5.91 Å². The van der Waals surface area contributed by atoms with Crippen LogP contribution in [-0.2, 0) is 11.2 Å². The number of likely N-dealkylation sites (tertiary alicyclic amines) is 1. The Morgan fingerprint density at radius 3 is 2.41 bits per heavy atom. The average molecular weight is 494 g/mol. The quantitative estimate of drug-likeness (QED) is 0.339. The molecule has 0 unspecified atom stereocenters. The van der Waals surface area contributed by atoms with E-state index >= 15 is 0 Å². The number of nitrogens with zero attached hydrogens (tertiary/aromatic N) is 2. The molecule has 37 heavy (non-hydrogen) atoms. The van der Waals surface area contributed by atoms with Gasteiger partial charge in [0.05, 0.1) is 24.0 Å². The molecule has 2 amide bonds. The molecule has 2 heterocycles. The maximum Gasteiger partial charge on any atom is 0.255 e. The standard InChI is InChI=1S/C30H31N5O2/c31-25(19-21-14-16-23(17-15-21)29(36)33-24-11-5-2-6-12-24)30(37)35-18-8-7-13-27(35)28-32-20-26(34-28)22-9-3-1-4-10-22/h1-6,9-12,14-17,20,25,27H,7-8,13,18-19,31H2,(H,32,34)(H,33,36)/t25-,27-/m0/s1. The smallest absolute Gasteiger partial charge is 0.255 e. The molecule has 0 radical (unpaired) electrons. The highest BCUT2D eigenvalue weighted by Gasteiger charge is 2.32. The molecular weight excluding hydrogens is 462 g/mol. The number of imidazole rings is 1. The van der Waals surface area contributed by atoms with Crippen LogP contribution in [0.5, 0.6) is 0 Å². The summed E-state index contributed by atoms with van der Waals surface area (Å²) in [7, 11) is 0. The first-order valence-corrected chi connectivity index (χ1v) is 12.7. The summed E-state index contributed by atoms with van der Waals surface area (Å²) in [6.45, 7) is 0.664. The van der Waals surface area contributed by atoms with E-state index < -0.39 is 6.04 Å². The van der Waals surface area contributed by atoms with E-state index in [0.717, 1.165) is 47.6 Å². The molecule has 4 N–H and O–H groups in total. The maximum atomic E-state index is 13.4. The summed E-state index contributed by atoms with van der Waals surface area (Å²) >= 11 is 0. The molecule has 0 saturated carbocycles. The number of H-pyrrole nitrogens is 1. The molecule has 3 aromatic carbocycles. The summed E-state index contributed by atoms with van der Waals surface area (Å²) in [6.07, 6.45) is 5.07. The van der Waals surface area contributed by atoms with Gasteiger partial charge in [-0.1, -0.05) is 60.7 Å². The Bertz CT molecular complexity index is 1340. The Labute approximate surface area is 216 Å². The molecule has 0 spiro atoms. The highest BCUT2D eigenvalue weighted by Crippen LogP contribution is 2.31. The monoisotopic (exact) mass is 493 g/mol. The molecule has 2 atom stereocenters. The lowest BCUT2D eigenvalue weighted by molar-refractivity contribution is -0.136. The number of rotatable bonds is 7. The van der Waals surface area contributed by atoms with Crippen molar-refractivity contribution < 1.29 is 9.59 Å². The number of aromatic amines is 1. The number of hydrogen-bond donors (Lipinski definition) is 3. The Morgan fingerprint density at radius 2 is 1.68 bits per heavy atom. The minimum atomic E-state index is -0.673. The zero-order valence-corrected chi connectivity index (χ0v) is 20.6. The predicted molar refractivity (Wildman–Crippen MR) is 145 cm³/mol. The molecule has 1 fully saturated rings. The van der Waals surface area contributed by atoms with Gasteiger partial charge in [-0.3, -0.25) is 9.59 Å². The number of nitrogens with one attached hydrogen (secondary N) is 2. The SMILES string of the molecule is N[C@@H](Cc1ccc(C(=O)Nc2ccccc2)cc1)C(=O)N1CCCC[C@H]1c1ncc(-c2ccccc2)[nH]1. The van der Waals surface area contributed by atoms with Crippen molar-refractivity contribution in [1.29, 1.82) is 0 Å². The van der Waals surface area contributed by atoms with Crippen LogP contribution in [0.4, 0.5) is 5.69 Å². The van der Waals surface area contributed by atoms with Gasteiger partial charge < -0.3 is 20.9 Å². The highest BCUT2D eigenvalue weighted by atomic mass is 16.2. The third-order valence-corrected chi connectivity index (χ3v) is 6.80. The van der Waals surface area contributed by atoms with E-state index in [0.29, 0.717) is 18.5 Å². The number of aromatic nitrogens is 2. The van der Waals surface area contributed by atoms with Gasteiger partial charge in [-0.15, -0.1) is 0 Å². The second-order valence-electron chi connectivity index (χ2n) is 9.42. The van der Waals surface area contributed by atoms with Gasteiger partial charge in [0, 0.05) is 17.8 Å². The van der Waals surface area contributed by atoms with E-state index in [4.69, 9.17) is 5.73 Å². The number of amides is 2. The van der Waals surface area contributed by atoms with E-state index in [1.54, 1.807) is 12.1 Å². The first kappa shape index (κ1) is 24.5. The van der Waals surface area contributed by atoms with Gasteiger partial charge in [-0.05, 0) is 61.1 Å². The van der Waals surface area contributed by atoms with E-state index in [2.05, 4.69) is 15.3 Å². The summed E-state index contributed by atoms with van der Waals surface area (Å²) in [6, 6.07) is 25.8. The molecule has 188 valence electrons. The number of benzene rings is 3. The van der Waals surface area contributed by atoms with Crippen molar-refractivity contribution in [2.75, 3.05) is 11.9 Å². The van der Waals surface area contributed by atoms with Gasteiger partial charge in [-0.2, -0.15) is 0 Å². The van der Waals surface area contributed by atoms with Crippen molar-refractivity contribution >= 4 is 17.5 Å². The van der Waals surface area contributed by atoms with Gasteiger partial charge in [0.1, 0.15) is 5.82 Å². The maximum absolute atomic E-state index is 13.4. The fourth-order valence-electron chi connectivity index (χ4n) is 4.82. The van der Waals surface area contributed by atoms with E-state index in [-0.39, 0.29) is 17.9 Å². The number of anilines is 1. The van der Waals surface area contributed by atoms with E-state index in [1.807, 2.05) is 83.9 Å². The molecule has 5 rings (SSSR count). The normalized spacial score (nSPS) is 16.2. The fraction of sp³-hybridized carbons (Fsp3) is 0.233. The zero-order chi connectivity index (χ0) is 25.6. The van der Waals surface area contributed by atoms with Crippen LogP contribution < -0.4 is 11.1 Å². The number of carbonyl (C=O) groups excluding carboxylic acids is 2. The number of nitrogens with two attached hydrogens (primary N) is 1. The van der Waals surface area contributed by atoms with Crippen LogP contribution >= 0.6 is 0 Å². The first-order chi connectivity index (χ1) is 18.1. The Balaban J connectivity index is 1.23. The number of hydrogen-bond acceptors (Lipinski definition) is 4. The van der Waals surface area contributed by atoms with Crippen molar-refractivity contribution in [2.24, 2.45) is 5.73 Å². The van der Waals surface area contributed by atoms with Crippen LogP contribution in [0.15, 0.2) is 91.1 Å². The zero-order valence-electron chi connectivity index (χ0n) is 20.6. The average Bonchev–Trinajstić information content (AvgIpc) is 3.44. The topological polar surface area (TPSA) is 104 Å². The van der Waals surface area contributed by atoms with E-state index in [1.165, 1.54) is 0 Å². The van der Waals surface area contributed by atoms with Crippen LogP contribution in [0, 0.1) is 0 Å². The minimum absolute atomic E-state index is 0.0757. The summed E-state index contributed by atoms with van der Waals surface area (Å²) in [4.78, 5) is 35.9. The van der Waals surface area contributed by atoms with Crippen LogP contribution in [-0.4, -0.2) is 39.3 Å². The van der Waals surface area contributed by atoms with Gasteiger partial charge in [0.15, 0.2) is 0 Å². The van der Waals surface area contributed by atoms with Gasteiger partial charge in [-0.25, -0.2) is 4.98 Å². The molecule has 7 heteroatoms. The third kappa shape index (κ3) is 5.78. The summed E-state index contributed by atoms with van der Waals surface area (Å²) in [5.74, 6) is 0.545. The Kier molecular flexibility index (Phi) is 7.42. The highest BCUT2D eigenvalue weighted by molar-refractivity contribution is 6.04. The van der Waals surface area contributed by atoms with Gasteiger partial charge in [0.2, 0.25) is 5.91 Å². The van der Waals surface area contributed by atoms with Crippen LogP contribution in [0.1, 0.15) is 47.1 Å². The Hall–Kier alpha value is -4.23. The van der Waals surface area contributed by atoms with Gasteiger partial charge >= 0.3 is 0 Å². The molecule has 4 aromatic rings. The molecule has 0 bridgehead atoms. The predicted octanol–water partition coefficient (Wildman–Crippen LogP) is 4.95. The molecule has 1 aliphatic rings. The van der Waals surface area contributed by atoms with Crippen molar-refractivity contribution in [1.82, 2.24) is 14.9 Å².